The highest BCUT2D eigenvalue weighted by molar-refractivity contribution is 6.06. The first-order valence-electron chi connectivity index (χ1n) is 10.8. The van der Waals surface area contributed by atoms with E-state index in [1.165, 1.54) is 19.3 Å². The minimum Gasteiger partial charge on any atom is -0.351 e. The van der Waals surface area contributed by atoms with E-state index in [1.54, 1.807) is 0 Å². The zero-order chi connectivity index (χ0) is 19.9. The van der Waals surface area contributed by atoms with Crippen molar-refractivity contribution in [3.63, 3.8) is 0 Å². The van der Waals surface area contributed by atoms with Gasteiger partial charge in [-0.25, -0.2) is 9.67 Å². The Morgan fingerprint density at radius 2 is 1.93 bits per heavy atom. The van der Waals surface area contributed by atoms with Crippen LogP contribution in [-0.2, 0) is 5.54 Å². The molecule has 28 heavy (non-hydrogen) atoms. The van der Waals surface area contributed by atoms with Crippen LogP contribution in [0.4, 0.5) is 0 Å². The number of hydrogen-bond acceptors (Lipinski definition) is 4. The second-order valence-electron chi connectivity index (χ2n) is 9.39. The molecule has 2 aromatic rings. The fourth-order valence-electron chi connectivity index (χ4n) is 4.15. The number of pyridine rings is 1. The Morgan fingerprint density at radius 3 is 2.57 bits per heavy atom. The number of fused-ring (bicyclic) bond motifs is 1. The highest BCUT2D eigenvalue weighted by atomic mass is 16.1. The highest BCUT2D eigenvalue weighted by Gasteiger charge is 2.30. The average Bonchev–Trinajstić information content (AvgIpc) is 3.45. The van der Waals surface area contributed by atoms with Gasteiger partial charge in [0, 0.05) is 24.7 Å². The molecular weight excluding hydrogens is 350 g/mol. The van der Waals surface area contributed by atoms with E-state index in [4.69, 9.17) is 10.1 Å². The summed E-state index contributed by atoms with van der Waals surface area (Å²) in [5, 5.41) is 8.80. The van der Waals surface area contributed by atoms with Gasteiger partial charge in [0.25, 0.3) is 5.91 Å². The van der Waals surface area contributed by atoms with Crippen LogP contribution < -0.4 is 5.32 Å². The van der Waals surface area contributed by atoms with Crippen LogP contribution in [0.15, 0.2) is 6.07 Å². The lowest BCUT2D eigenvalue weighted by molar-refractivity contribution is 0.0948. The maximum atomic E-state index is 13.1. The fraction of sp³-hybridized carbons (Fsp3) is 0.682. The zero-order valence-corrected chi connectivity index (χ0v) is 17.7. The summed E-state index contributed by atoms with van der Waals surface area (Å²) in [5.41, 5.74) is 3.32. The predicted molar refractivity (Wildman–Crippen MR) is 112 cm³/mol. The van der Waals surface area contributed by atoms with Gasteiger partial charge in [-0.2, -0.15) is 5.10 Å². The van der Waals surface area contributed by atoms with Gasteiger partial charge in [0.2, 0.25) is 0 Å². The number of aryl methyl sites for hydroxylation is 1. The van der Waals surface area contributed by atoms with Crippen molar-refractivity contribution >= 4 is 16.9 Å². The van der Waals surface area contributed by atoms with E-state index in [-0.39, 0.29) is 11.4 Å². The minimum absolute atomic E-state index is 0.00266. The van der Waals surface area contributed by atoms with Gasteiger partial charge in [0.1, 0.15) is 0 Å². The summed E-state index contributed by atoms with van der Waals surface area (Å²) in [7, 11) is 0. The molecule has 2 fully saturated rings. The Balaban J connectivity index is 1.61. The van der Waals surface area contributed by atoms with Gasteiger partial charge in [-0.3, -0.25) is 4.79 Å². The molecule has 0 unspecified atom stereocenters. The van der Waals surface area contributed by atoms with Gasteiger partial charge in [0.15, 0.2) is 5.65 Å². The summed E-state index contributed by atoms with van der Waals surface area (Å²) in [6.45, 7) is 12.3. The predicted octanol–water partition coefficient (Wildman–Crippen LogP) is 3.59. The number of carbonyl (C=O) groups excluding carboxylic acids is 1. The minimum atomic E-state index is -0.177. The first kappa shape index (κ1) is 19.4. The maximum Gasteiger partial charge on any atom is 0.252 e. The quantitative estimate of drug-likeness (QED) is 0.857. The van der Waals surface area contributed by atoms with Gasteiger partial charge in [0.05, 0.1) is 22.2 Å². The number of piperidine rings is 1. The molecule has 0 bridgehead atoms. The van der Waals surface area contributed by atoms with Crippen LogP contribution in [0.3, 0.4) is 0 Å². The SMILES string of the molecule is Cc1nn(C(C)(C)C)c2nc(C3CC3)cc(C(=O)NCCN3CCCCC3)c12. The third-order valence-electron chi connectivity index (χ3n) is 5.87. The molecule has 0 aromatic carbocycles. The monoisotopic (exact) mass is 383 g/mol. The number of nitrogens with zero attached hydrogens (tertiary/aromatic N) is 4. The van der Waals surface area contributed by atoms with Crippen LogP contribution in [0.5, 0.6) is 0 Å². The van der Waals surface area contributed by atoms with E-state index in [2.05, 4.69) is 31.0 Å². The molecule has 1 aliphatic carbocycles. The molecule has 6 heteroatoms. The molecule has 1 saturated carbocycles. The normalized spacial score (nSPS) is 18.6. The lowest BCUT2D eigenvalue weighted by Gasteiger charge is -2.26. The van der Waals surface area contributed by atoms with E-state index < -0.39 is 0 Å². The van der Waals surface area contributed by atoms with E-state index in [0.717, 1.165) is 60.5 Å². The number of hydrogen-bond donors (Lipinski definition) is 1. The molecule has 2 aromatic heterocycles. The number of carbonyl (C=O) groups is 1. The molecule has 0 radical (unpaired) electrons. The molecule has 3 heterocycles. The van der Waals surface area contributed by atoms with Gasteiger partial charge < -0.3 is 10.2 Å². The molecule has 1 N–H and O–H groups in total. The molecule has 0 atom stereocenters. The average molecular weight is 384 g/mol. The van der Waals surface area contributed by atoms with Crippen LogP contribution in [0.1, 0.15) is 80.5 Å². The van der Waals surface area contributed by atoms with Crippen LogP contribution in [0, 0.1) is 6.92 Å². The van der Waals surface area contributed by atoms with Crippen LogP contribution in [0.25, 0.3) is 11.0 Å². The maximum absolute atomic E-state index is 13.1. The molecule has 1 amide bonds. The van der Waals surface area contributed by atoms with Gasteiger partial charge in [-0.1, -0.05) is 6.42 Å². The Bertz CT molecular complexity index is 869. The van der Waals surface area contributed by atoms with Gasteiger partial charge >= 0.3 is 0 Å². The van der Waals surface area contributed by atoms with Crippen molar-refractivity contribution in [3.05, 3.63) is 23.0 Å². The van der Waals surface area contributed by atoms with Crippen molar-refractivity contribution < 1.29 is 4.79 Å². The Labute approximate surface area is 167 Å². The second kappa shape index (κ2) is 7.47. The van der Waals surface area contributed by atoms with Gasteiger partial charge in [-0.05, 0) is 72.5 Å². The molecule has 1 saturated heterocycles. The Hall–Kier alpha value is -1.95. The molecule has 1 aliphatic heterocycles. The zero-order valence-electron chi connectivity index (χ0n) is 17.7. The van der Waals surface area contributed by atoms with E-state index in [0.29, 0.717) is 12.5 Å². The van der Waals surface area contributed by atoms with Crippen molar-refractivity contribution in [2.45, 2.75) is 71.3 Å². The number of amides is 1. The van der Waals surface area contributed by atoms with Crippen LogP contribution in [-0.4, -0.2) is 51.8 Å². The molecule has 4 rings (SSSR count). The summed E-state index contributed by atoms with van der Waals surface area (Å²) in [4.78, 5) is 20.5. The topological polar surface area (TPSA) is 63.1 Å². The third-order valence-corrected chi connectivity index (χ3v) is 5.87. The Kier molecular flexibility index (Phi) is 5.17. The van der Waals surface area contributed by atoms with E-state index >= 15 is 0 Å². The summed E-state index contributed by atoms with van der Waals surface area (Å²) < 4.78 is 1.98. The summed E-state index contributed by atoms with van der Waals surface area (Å²) in [6, 6.07) is 2.01. The molecular formula is C22H33N5O. The van der Waals surface area contributed by atoms with Crippen molar-refractivity contribution in [1.29, 1.82) is 0 Å². The standard InChI is InChI=1S/C22H33N5O/c1-15-19-17(21(28)23-10-13-26-11-6-5-7-12-26)14-18(16-8-9-16)24-20(19)27(25-15)22(2,3)4/h14,16H,5-13H2,1-4H3,(H,23,28). The number of aromatic nitrogens is 3. The van der Waals surface area contributed by atoms with E-state index in [9.17, 15) is 4.79 Å². The van der Waals surface area contributed by atoms with Crippen molar-refractivity contribution in [2.75, 3.05) is 26.2 Å². The first-order valence-corrected chi connectivity index (χ1v) is 10.8. The summed E-state index contributed by atoms with van der Waals surface area (Å²) in [5.74, 6) is 0.496. The fourth-order valence-corrected chi connectivity index (χ4v) is 4.15. The molecule has 6 nitrogen and oxygen atoms in total. The lowest BCUT2D eigenvalue weighted by atomic mass is 10.1. The van der Waals surface area contributed by atoms with Crippen molar-refractivity contribution in [1.82, 2.24) is 25.0 Å². The Morgan fingerprint density at radius 1 is 1.21 bits per heavy atom. The first-order chi connectivity index (χ1) is 13.3. The highest BCUT2D eigenvalue weighted by Crippen LogP contribution is 2.40. The van der Waals surface area contributed by atoms with Gasteiger partial charge in [-0.15, -0.1) is 0 Å². The molecule has 2 aliphatic rings. The third kappa shape index (κ3) is 3.93. The summed E-state index contributed by atoms with van der Waals surface area (Å²) >= 11 is 0. The van der Waals surface area contributed by atoms with E-state index in [1.807, 2.05) is 17.7 Å². The summed E-state index contributed by atoms with van der Waals surface area (Å²) in [6.07, 6.45) is 6.21. The van der Waals surface area contributed by atoms with Crippen LogP contribution >= 0.6 is 0 Å². The van der Waals surface area contributed by atoms with Crippen molar-refractivity contribution in [2.24, 2.45) is 0 Å². The second-order valence-corrected chi connectivity index (χ2v) is 9.39. The largest absolute Gasteiger partial charge is 0.351 e. The van der Waals surface area contributed by atoms with Crippen molar-refractivity contribution in [3.8, 4) is 0 Å². The number of nitrogens with one attached hydrogen (secondary N) is 1. The molecule has 0 spiro atoms. The van der Waals surface area contributed by atoms with Crippen LogP contribution in [0.2, 0.25) is 0 Å². The lowest BCUT2D eigenvalue weighted by Crippen LogP contribution is -2.37. The number of likely N-dealkylation sites (tertiary alicyclic amines) is 1. The smallest absolute Gasteiger partial charge is 0.252 e. The number of rotatable bonds is 5. The molecule has 152 valence electrons.